The van der Waals surface area contributed by atoms with Crippen molar-refractivity contribution in [3.63, 3.8) is 0 Å². The van der Waals surface area contributed by atoms with Crippen LogP contribution in [0.1, 0.15) is 23.0 Å². The molecule has 0 saturated carbocycles. The first-order chi connectivity index (χ1) is 8.35. The van der Waals surface area contributed by atoms with E-state index in [9.17, 15) is 13.2 Å². The average Bonchev–Trinajstić information content (AvgIpc) is 2.54. The number of carbonyl (C=O) groups excluding carboxylic acids is 1. The molecule has 0 fully saturated rings. The molecule has 7 nitrogen and oxygen atoms in total. The van der Waals surface area contributed by atoms with E-state index in [1.54, 1.807) is 12.1 Å². The predicted octanol–water partition coefficient (Wildman–Crippen LogP) is 0.697. The van der Waals surface area contributed by atoms with Crippen molar-refractivity contribution in [3.8, 4) is 0 Å². The molecule has 9 heteroatoms. The summed E-state index contributed by atoms with van der Waals surface area (Å²) in [5.41, 5.74) is 0.113. The number of sulfonamides is 1. The summed E-state index contributed by atoms with van der Waals surface area (Å²) < 4.78 is 32.6. The van der Waals surface area contributed by atoms with E-state index in [1.165, 1.54) is 14.0 Å². The smallest absolute Gasteiger partial charge is 0.343 e. The minimum Gasteiger partial charge on any atom is -0.462 e. The van der Waals surface area contributed by atoms with Crippen molar-refractivity contribution < 1.29 is 17.9 Å². The number of isothiocyanates is 1. The SMILES string of the molecule is CCOC(=O)c1c(C)nn(C)c1S(=O)(=O)N=C=S. The van der Waals surface area contributed by atoms with Crippen LogP contribution in [0.5, 0.6) is 0 Å². The number of ether oxygens (including phenoxy) is 1. The predicted molar refractivity (Wildman–Crippen MR) is 66.1 cm³/mol. The molecular formula is C9H11N3O4S2. The number of hydrogen-bond acceptors (Lipinski definition) is 6. The molecule has 0 aliphatic heterocycles. The molecule has 0 aromatic carbocycles. The summed E-state index contributed by atoms with van der Waals surface area (Å²) in [4.78, 5) is 11.7. The zero-order chi connectivity index (χ0) is 13.9. The molecule has 0 atom stereocenters. The molecule has 0 bridgehead atoms. The topological polar surface area (TPSA) is 90.6 Å². The number of aromatic nitrogens is 2. The van der Waals surface area contributed by atoms with Gasteiger partial charge in [0, 0.05) is 7.05 Å². The van der Waals surface area contributed by atoms with Gasteiger partial charge in [0.25, 0.3) is 0 Å². The largest absolute Gasteiger partial charge is 0.462 e. The summed E-state index contributed by atoms with van der Waals surface area (Å²) in [5.74, 6) is -0.763. The van der Waals surface area contributed by atoms with Crippen LogP contribution in [0.3, 0.4) is 0 Å². The second-order valence-corrected chi connectivity index (χ2v) is 4.97. The van der Waals surface area contributed by atoms with Gasteiger partial charge in [-0.05, 0) is 26.1 Å². The zero-order valence-electron chi connectivity index (χ0n) is 10.00. The summed E-state index contributed by atoms with van der Waals surface area (Å²) in [5, 5.41) is 5.29. The highest BCUT2D eigenvalue weighted by Crippen LogP contribution is 2.21. The molecule has 1 rings (SSSR count). The Kier molecular flexibility index (Phi) is 4.33. The maximum atomic E-state index is 11.8. The van der Waals surface area contributed by atoms with Gasteiger partial charge in [-0.3, -0.25) is 4.68 Å². The van der Waals surface area contributed by atoms with Crippen molar-refractivity contribution in [2.24, 2.45) is 11.4 Å². The normalized spacial score (nSPS) is 10.8. The monoisotopic (exact) mass is 289 g/mol. The Labute approximate surface area is 110 Å². The Morgan fingerprint density at radius 3 is 2.72 bits per heavy atom. The van der Waals surface area contributed by atoms with Crippen LogP contribution in [-0.2, 0) is 21.8 Å². The number of nitrogens with zero attached hydrogens (tertiary/aromatic N) is 3. The Morgan fingerprint density at radius 2 is 2.22 bits per heavy atom. The molecule has 0 N–H and O–H groups in total. The fourth-order valence-corrected chi connectivity index (χ4v) is 2.81. The molecular weight excluding hydrogens is 278 g/mol. The fourth-order valence-electron chi connectivity index (χ4n) is 1.46. The third-order valence-electron chi connectivity index (χ3n) is 2.05. The number of carbonyl (C=O) groups is 1. The highest BCUT2D eigenvalue weighted by atomic mass is 32.2. The van der Waals surface area contributed by atoms with Gasteiger partial charge in [-0.15, -0.1) is 4.40 Å². The molecule has 1 aromatic heterocycles. The van der Waals surface area contributed by atoms with Crippen LogP contribution in [0.15, 0.2) is 9.42 Å². The Bertz CT molecular complexity index is 626. The van der Waals surface area contributed by atoms with Gasteiger partial charge in [-0.1, -0.05) is 0 Å². The number of esters is 1. The molecule has 0 aliphatic carbocycles. The van der Waals surface area contributed by atoms with Crippen LogP contribution in [-0.4, -0.2) is 35.9 Å². The summed E-state index contributed by atoms with van der Waals surface area (Å²) >= 11 is 4.27. The lowest BCUT2D eigenvalue weighted by Crippen LogP contribution is -2.13. The molecule has 0 radical (unpaired) electrons. The first-order valence-electron chi connectivity index (χ1n) is 4.90. The third kappa shape index (κ3) is 2.63. The first kappa shape index (κ1) is 14.5. The molecule has 0 spiro atoms. The van der Waals surface area contributed by atoms with Gasteiger partial charge in [0.2, 0.25) is 0 Å². The van der Waals surface area contributed by atoms with Crippen molar-refractivity contribution in [2.75, 3.05) is 6.61 Å². The molecule has 1 heterocycles. The maximum absolute atomic E-state index is 11.8. The van der Waals surface area contributed by atoms with Gasteiger partial charge in [0.05, 0.1) is 17.5 Å². The van der Waals surface area contributed by atoms with Crippen LogP contribution in [0.2, 0.25) is 0 Å². The molecule has 98 valence electrons. The summed E-state index contributed by atoms with van der Waals surface area (Å²) in [6.07, 6.45) is 0. The third-order valence-corrected chi connectivity index (χ3v) is 3.55. The minimum absolute atomic E-state index is 0.128. The molecule has 0 saturated heterocycles. The van der Waals surface area contributed by atoms with Crippen molar-refractivity contribution in [2.45, 2.75) is 18.9 Å². The molecule has 18 heavy (non-hydrogen) atoms. The lowest BCUT2D eigenvalue weighted by atomic mass is 10.3. The lowest BCUT2D eigenvalue weighted by molar-refractivity contribution is 0.0520. The number of aryl methyl sites for hydroxylation is 2. The Morgan fingerprint density at radius 1 is 1.61 bits per heavy atom. The van der Waals surface area contributed by atoms with E-state index < -0.39 is 16.0 Å². The van der Waals surface area contributed by atoms with E-state index in [0.717, 1.165) is 4.68 Å². The number of hydrogen-bond donors (Lipinski definition) is 0. The van der Waals surface area contributed by atoms with E-state index in [0.29, 0.717) is 0 Å². The molecule has 0 unspecified atom stereocenters. The average molecular weight is 289 g/mol. The second kappa shape index (κ2) is 5.38. The van der Waals surface area contributed by atoms with Crippen molar-refractivity contribution >= 4 is 33.4 Å². The van der Waals surface area contributed by atoms with Crippen LogP contribution in [0, 0.1) is 6.92 Å². The first-order valence-corrected chi connectivity index (χ1v) is 6.74. The molecule has 0 aliphatic rings. The van der Waals surface area contributed by atoms with E-state index in [1.807, 2.05) is 0 Å². The van der Waals surface area contributed by atoms with E-state index in [2.05, 4.69) is 21.7 Å². The fraction of sp³-hybridized carbons (Fsp3) is 0.444. The van der Waals surface area contributed by atoms with Crippen molar-refractivity contribution in [1.82, 2.24) is 9.78 Å². The van der Waals surface area contributed by atoms with Crippen LogP contribution < -0.4 is 0 Å². The van der Waals surface area contributed by atoms with Gasteiger partial charge >= 0.3 is 16.0 Å². The second-order valence-electron chi connectivity index (χ2n) is 3.27. The van der Waals surface area contributed by atoms with E-state index in [4.69, 9.17) is 4.74 Å². The van der Waals surface area contributed by atoms with E-state index >= 15 is 0 Å². The Balaban J connectivity index is 3.54. The highest BCUT2D eigenvalue weighted by Gasteiger charge is 2.30. The highest BCUT2D eigenvalue weighted by molar-refractivity contribution is 7.91. The van der Waals surface area contributed by atoms with Gasteiger partial charge < -0.3 is 4.74 Å². The number of rotatable bonds is 4. The van der Waals surface area contributed by atoms with Gasteiger partial charge in [-0.2, -0.15) is 13.5 Å². The molecule has 0 amide bonds. The van der Waals surface area contributed by atoms with Gasteiger partial charge in [0.15, 0.2) is 5.03 Å². The standard InChI is InChI=1S/C9H11N3O4S2/c1-4-16-9(13)7-6(2)11-12(3)8(7)18(14,15)10-5-17/h4H2,1-3H3. The summed E-state index contributed by atoms with van der Waals surface area (Å²) in [6.45, 7) is 3.25. The number of thiocarbonyl (C=S) groups is 1. The summed E-state index contributed by atoms with van der Waals surface area (Å²) in [7, 11) is -2.71. The quantitative estimate of drug-likeness (QED) is 0.460. The maximum Gasteiger partial charge on any atom is 0.343 e. The van der Waals surface area contributed by atoms with Gasteiger partial charge in [0.1, 0.15) is 5.56 Å². The van der Waals surface area contributed by atoms with Crippen LogP contribution in [0.4, 0.5) is 0 Å². The van der Waals surface area contributed by atoms with Crippen molar-refractivity contribution in [1.29, 1.82) is 0 Å². The Hall–Kier alpha value is -1.57. The molecule has 1 aromatic rings. The van der Waals surface area contributed by atoms with Crippen LogP contribution >= 0.6 is 12.2 Å². The minimum atomic E-state index is -4.10. The zero-order valence-corrected chi connectivity index (χ0v) is 11.6. The van der Waals surface area contributed by atoms with E-state index in [-0.39, 0.29) is 22.9 Å². The van der Waals surface area contributed by atoms with Crippen LogP contribution in [0.25, 0.3) is 0 Å². The van der Waals surface area contributed by atoms with Crippen molar-refractivity contribution in [3.05, 3.63) is 11.3 Å². The lowest BCUT2D eigenvalue weighted by Gasteiger charge is -2.03. The summed E-state index contributed by atoms with van der Waals surface area (Å²) in [6, 6.07) is 0. The van der Waals surface area contributed by atoms with Gasteiger partial charge in [-0.25, -0.2) is 4.79 Å².